The lowest BCUT2D eigenvalue weighted by atomic mass is 10.1. The van der Waals surface area contributed by atoms with Gasteiger partial charge in [0.15, 0.2) is 0 Å². The Hall–Kier alpha value is -3.23. The third kappa shape index (κ3) is 18.8. The Bertz CT molecular complexity index is 987. The van der Waals surface area contributed by atoms with Crippen LogP contribution in [0.25, 0.3) is 0 Å². The molecule has 0 bridgehead atoms. The zero-order chi connectivity index (χ0) is 30.6. The summed E-state index contributed by atoms with van der Waals surface area (Å²) in [5.74, 6) is -1.95. The fourth-order valence-corrected chi connectivity index (χ4v) is 3.24. The van der Waals surface area contributed by atoms with Crippen LogP contribution in [-0.4, -0.2) is 123 Å². The Morgan fingerprint density at radius 2 is 0.674 bits per heavy atom. The van der Waals surface area contributed by atoms with Gasteiger partial charge in [0, 0.05) is 5.56 Å². The van der Waals surface area contributed by atoms with Crippen LogP contribution in [0.15, 0.2) is 60.7 Å². The number of rotatable bonds is 27. The number of hydrogen-bond donors (Lipinski definition) is 0. The highest BCUT2D eigenvalue weighted by atomic mass is 16.6. The summed E-state index contributed by atoms with van der Waals surface area (Å²) in [6.07, 6.45) is 0. The molecular formula is C31H42O12. The van der Waals surface area contributed by atoms with Crippen molar-refractivity contribution in [1.82, 2.24) is 0 Å². The summed E-state index contributed by atoms with van der Waals surface area (Å²) in [4.78, 5) is 35.3. The zero-order valence-corrected chi connectivity index (χ0v) is 24.5. The Labute approximate surface area is 252 Å². The SMILES string of the molecule is O=C(OCCOCCOCCOCCOCCOCCOCCOCCOC(=O)c1ccccc1)C(=O)c1ccccc1. The second-order valence-corrected chi connectivity index (χ2v) is 8.62. The van der Waals surface area contributed by atoms with Gasteiger partial charge in [0.2, 0.25) is 0 Å². The molecule has 2 aromatic carbocycles. The highest BCUT2D eigenvalue weighted by Gasteiger charge is 2.17. The summed E-state index contributed by atoms with van der Waals surface area (Å²) in [5, 5.41) is 0. The van der Waals surface area contributed by atoms with Gasteiger partial charge in [-0.3, -0.25) is 4.79 Å². The third-order valence-corrected chi connectivity index (χ3v) is 5.38. The van der Waals surface area contributed by atoms with Gasteiger partial charge in [0.25, 0.3) is 5.78 Å². The van der Waals surface area contributed by atoms with Gasteiger partial charge >= 0.3 is 11.9 Å². The third-order valence-electron chi connectivity index (χ3n) is 5.38. The summed E-state index contributed by atoms with van der Waals surface area (Å²) in [6, 6.07) is 17.0. The van der Waals surface area contributed by atoms with E-state index in [1.54, 1.807) is 54.6 Å². The smallest absolute Gasteiger partial charge is 0.379 e. The molecule has 2 rings (SSSR count). The maximum Gasteiger partial charge on any atom is 0.379 e. The van der Waals surface area contributed by atoms with Crippen LogP contribution < -0.4 is 0 Å². The first kappa shape index (κ1) is 36.0. The quantitative estimate of drug-likeness (QED) is 0.0640. The average molecular weight is 607 g/mol. The van der Waals surface area contributed by atoms with Crippen LogP contribution >= 0.6 is 0 Å². The van der Waals surface area contributed by atoms with E-state index in [4.69, 9.17) is 42.6 Å². The number of Topliss-reactive ketones (excluding diaryl/α,β-unsaturated/α-hetero) is 1. The van der Waals surface area contributed by atoms with Crippen LogP contribution in [0.5, 0.6) is 0 Å². The van der Waals surface area contributed by atoms with Gasteiger partial charge in [0.05, 0.1) is 98.1 Å². The molecule has 0 spiro atoms. The van der Waals surface area contributed by atoms with Crippen molar-refractivity contribution in [3.8, 4) is 0 Å². The van der Waals surface area contributed by atoms with Crippen LogP contribution in [0.2, 0.25) is 0 Å². The normalized spacial score (nSPS) is 10.9. The molecule has 0 aromatic heterocycles. The lowest BCUT2D eigenvalue weighted by Crippen LogP contribution is -2.20. The number of ketones is 1. The van der Waals surface area contributed by atoms with Crippen molar-refractivity contribution < 1.29 is 57.0 Å². The monoisotopic (exact) mass is 606 g/mol. The second-order valence-electron chi connectivity index (χ2n) is 8.62. The summed E-state index contributed by atoms with van der Waals surface area (Å²) in [7, 11) is 0. The van der Waals surface area contributed by atoms with Gasteiger partial charge in [-0.1, -0.05) is 48.5 Å². The fourth-order valence-electron chi connectivity index (χ4n) is 3.24. The number of hydrogen-bond acceptors (Lipinski definition) is 12. The molecule has 12 nitrogen and oxygen atoms in total. The molecule has 2 aromatic rings. The van der Waals surface area contributed by atoms with Crippen molar-refractivity contribution in [2.24, 2.45) is 0 Å². The Morgan fingerprint density at radius 3 is 1.05 bits per heavy atom. The molecule has 0 heterocycles. The maximum atomic E-state index is 11.9. The van der Waals surface area contributed by atoms with Crippen molar-refractivity contribution in [2.45, 2.75) is 0 Å². The Kier molecular flexibility index (Phi) is 21.1. The lowest BCUT2D eigenvalue weighted by Gasteiger charge is -2.09. The van der Waals surface area contributed by atoms with Crippen molar-refractivity contribution in [2.75, 3.05) is 106 Å². The molecule has 0 aliphatic rings. The minimum Gasteiger partial charge on any atom is -0.460 e. The number of carbonyl (C=O) groups is 3. The summed E-state index contributed by atoms with van der Waals surface area (Å²) < 4.78 is 47.8. The summed E-state index contributed by atoms with van der Waals surface area (Å²) in [5.41, 5.74) is 0.808. The number of ether oxygens (including phenoxy) is 9. The molecule has 12 heteroatoms. The molecule has 43 heavy (non-hydrogen) atoms. The predicted molar refractivity (Wildman–Crippen MR) is 154 cm³/mol. The van der Waals surface area contributed by atoms with Crippen LogP contribution in [-0.2, 0) is 47.4 Å². The molecule has 0 unspecified atom stereocenters. The van der Waals surface area contributed by atoms with E-state index in [0.717, 1.165) is 0 Å². The van der Waals surface area contributed by atoms with Crippen molar-refractivity contribution >= 4 is 17.7 Å². The predicted octanol–water partition coefficient (Wildman–Crippen LogP) is 2.39. The largest absolute Gasteiger partial charge is 0.460 e. The van der Waals surface area contributed by atoms with Crippen LogP contribution in [0.3, 0.4) is 0 Å². The van der Waals surface area contributed by atoms with Gasteiger partial charge in [-0.2, -0.15) is 0 Å². The van der Waals surface area contributed by atoms with E-state index in [2.05, 4.69) is 0 Å². The van der Waals surface area contributed by atoms with Gasteiger partial charge in [-0.25, -0.2) is 9.59 Å². The summed E-state index contributed by atoms with van der Waals surface area (Å²) in [6.45, 7) is 5.76. The first-order valence-corrected chi connectivity index (χ1v) is 14.2. The van der Waals surface area contributed by atoms with E-state index >= 15 is 0 Å². The fraction of sp³-hybridized carbons (Fsp3) is 0.516. The van der Waals surface area contributed by atoms with E-state index < -0.39 is 11.8 Å². The van der Waals surface area contributed by atoms with Crippen molar-refractivity contribution in [3.05, 3.63) is 71.8 Å². The van der Waals surface area contributed by atoms with Gasteiger partial charge in [-0.05, 0) is 12.1 Å². The molecule has 238 valence electrons. The summed E-state index contributed by atoms with van der Waals surface area (Å²) >= 11 is 0. The van der Waals surface area contributed by atoms with E-state index in [-0.39, 0.29) is 25.8 Å². The van der Waals surface area contributed by atoms with Crippen LogP contribution in [0.4, 0.5) is 0 Å². The molecule has 0 amide bonds. The minimum atomic E-state index is -0.901. The average Bonchev–Trinajstić information content (AvgIpc) is 3.05. The lowest BCUT2D eigenvalue weighted by molar-refractivity contribution is -0.139. The van der Waals surface area contributed by atoms with E-state index in [1.807, 2.05) is 6.07 Å². The maximum absolute atomic E-state index is 11.9. The molecule has 0 aliphatic heterocycles. The molecular weight excluding hydrogens is 564 g/mol. The highest BCUT2D eigenvalue weighted by molar-refractivity contribution is 6.40. The highest BCUT2D eigenvalue weighted by Crippen LogP contribution is 2.02. The van der Waals surface area contributed by atoms with E-state index in [0.29, 0.717) is 97.0 Å². The van der Waals surface area contributed by atoms with E-state index in [9.17, 15) is 14.4 Å². The Balaban J connectivity index is 1.21. The first-order valence-electron chi connectivity index (χ1n) is 14.2. The molecule has 0 aliphatic carbocycles. The van der Waals surface area contributed by atoms with Gasteiger partial charge in [-0.15, -0.1) is 0 Å². The molecule has 0 radical (unpaired) electrons. The molecule has 0 saturated carbocycles. The zero-order valence-electron chi connectivity index (χ0n) is 24.5. The second kappa shape index (κ2) is 25.3. The van der Waals surface area contributed by atoms with Crippen LogP contribution in [0.1, 0.15) is 20.7 Å². The first-order chi connectivity index (χ1) is 21.2. The van der Waals surface area contributed by atoms with Crippen molar-refractivity contribution in [3.63, 3.8) is 0 Å². The molecule has 0 saturated heterocycles. The van der Waals surface area contributed by atoms with Gasteiger partial charge < -0.3 is 42.6 Å². The Morgan fingerprint density at radius 1 is 0.372 bits per heavy atom. The number of esters is 2. The van der Waals surface area contributed by atoms with E-state index in [1.165, 1.54) is 0 Å². The molecule has 0 N–H and O–H groups in total. The van der Waals surface area contributed by atoms with Crippen molar-refractivity contribution in [1.29, 1.82) is 0 Å². The number of carbonyl (C=O) groups excluding carboxylic acids is 3. The molecule has 0 atom stereocenters. The molecule has 0 fully saturated rings. The van der Waals surface area contributed by atoms with Gasteiger partial charge in [0.1, 0.15) is 13.2 Å². The minimum absolute atomic E-state index is 0.00667. The van der Waals surface area contributed by atoms with Crippen LogP contribution in [0, 0.1) is 0 Å². The topological polar surface area (TPSA) is 134 Å². The standard InChI is InChI=1S/C31H42O12/c32-29(27-7-3-1-4-8-27)31(34)43-26-24-41-22-20-39-18-16-37-14-12-35-11-13-36-15-17-38-19-21-40-23-25-42-30(33)28-9-5-2-6-10-28/h1-10H,11-26H2. The number of benzene rings is 2.